The van der Waals surface area contributed by atoms with Crippen LogP contribution in [0, 0.1) is 10.1 Å². The molecular weight excluding hydrogens is 217 g/mol. The van der Waals surface area contributed by atoms with Gasteiger partial charge in [0.1, 0.15) is 10.0 Å². The van der Waals surface area contributed by atoms with Gasteiger partial charge in [0.25, 0.3) is 0 Å². The van der Waals surface area contributed by atoms with Crippen LogP contribution in [0.3, 0.4) is 0 Å². The monoisotopic (exact) mass is 219 g/mol. The highest BCUT2D eigenvalue weighted by molar-refractivity contribution is 6.39. The molecule has 0 heterocycles. The van der Waals surface area contributed by atoms with Crippen LogP contribution in [0.15, 0.2) is 12.1 Å². The molecule has 0 aromatic heterocycles. The Bertz CT molecular complexity index is 378. The molecule has 1 aromatic rings. The fourth-order valence-corrected chi connectivity index (χ4v) is 1.37. The van der Waals surface area contributed by atoms with Gasteiger partial charge in [-0.2, -0.15) is 0 Å². The van der Waals surface area contributed by atoms with E-state index in [1.54, 1.807) is 0 Å². The quantitative estimate of drug-likeness (QED) is 0.437. The van der Waals surface area contributed by atoms with Crippen LogP contribution in [0.1, 0.15) is 10.4 Å². The summed E-state index contributed by atoms with van der Waals surface area (Å²) in [6, 6.07) is 2.58. The van der Waals surface area contributed by atoms with Gasteiger partial charge in [-0.25, -0.2) is 0 Å². The number of carbonyl (C=O) groups is 1. The average molecular weight is 220 g/mol. The van der Waals surface area contributed by atoms with E-state index >= 15 is 0 Å². The lowest BCUT2D eigenvalue weighted by Gasteiger charge is -1.99. The van der Waals surface area contributed by atoms with E-state index in [-0.39, 0.29) is 15.6 Å². The second-order valence-electron chi connectivity index (χ2n) is 2.17. The van der Waals surface area contributed by atoms with Crippen molar-refractivity contribution in [2.75, 3.05) is 0 Å². The highest BCUT2D eigenvalue weighted by Gasteiger charge is 2.20. The van der Waals surface area contributed by atoms with E-state index < -0.39 is 10.6 Å². The van der Waals surface area contributed by atoms with Crippen LogP contribution in [-0.2, 0) is 0 Å². The van der Waals surface area contributed by atoms with Crippen LogP contribution in [-0.4, -0.2) is 11.2 Å². The molecule has 0 saturated heterocycles. The molecule has 0 radical (unpaired) electrons. The van der Waals surface area contributed by atoms with Crippen LogP contribution in [0.5, 0.6) is 0 Å². The summed E-state index contributed by atoms with van der Waals surface area (Å²) in [4.78, 5) is 20.1. The Morgan fingerprint density at radius 3 is 2.46 bits per heavy atom. The van der Waals surface area contributed by atoms with Gasteiger partial charge in [0.05, 0.1) is 4.92 Å². The summed E-state index contributed by atoms with van der Waals surface area (Å²) in [5.41, 5.74) is -0.384. The number of benzene rings is 1. The summed E-state index contributed by atoms with van der Waals surface area (Å²) in [7, 11) is 0. The van der Waals surface area contributed by atoms with Crippen LogP contribution < -0.4 is 0 Å². The van der Waals surface area contributed by atoms with E-state index in [4.69, 9.17) is 23.2 Å². The van der Waals surface area contributed by atoms with Gasteiger partial charge in [-0.15, -0.1) is 0 Å². The standard InChI is InChI=1S/C7H3Cl2NO3/c8-5-2-1-4(3-11)6(9)7(5)10(12)13/h1-3H. The molecule has 1 aromatic carbocycles. The van der Waals surface area contributed by atoms with Gasteiger partial charge in [-0.05, 0) is 12.1 Å². The molecule has 0 bridgehead atoms. The lowest BCUT2D eigenvalue weighted by Crippen LogP contribution is -1.93. The number of halogens is 2. The highest BCUT2D eigenvalue weighted by atomic mass is 35.5. The summed E-state index contributed by atoms with van der Waals surface area (Å²) < 4.78 is 0. The SMILES string of the molecule is O=Cc1ccc(Cl)c([N+](=O)[O-])c1Cl. The smallest absolute Gasteiger partial charge is 0.298 e. The fraction of sp³-hybridized carbons (Fsp3) is 0. The van der Waals surface area contributed by atoms with E-state index in [1.807, 2.05) is 0 Å². The Balaban J connectivity index is 3.47. The van der Waals surface area contributed by atoms with Crippen molar-refractivity contribution in [3.8, 4) is 0 Å². The third kappa shape index (κ3) is 1.79. The largest absolute Gasteiger partial charge is 0.307 e. The maximum Gasteiger partial charge on any atom is 0.307 e. The van der Waals surface area contributed by atoms with E-state index in [9.17, 15) is 14.9 Å². The molecule has 0 fully saturated rings. The zero-order chi connectivity index (χ0) is 10.0. The Labute approximate surface area is 83.2 Å². The van der Waals surface area contributed by atoms with Gasteiger partial charge in [0, 0.05) is 5.56 Å². The van der Waals surface area contributed by atoms with E-state index in [0.29, 0.717) is 6.29 Å². The summed E-state index contributed by atoms with van der Waals surface area (Å²) in [5, 5.41) is 10.1. The minimum absolute atomic E-state index is 0.0535. The van der Waals surface area contributed by atoms with Crippen molar-refractivity contribution in [3.05, 3.63) is 37.9 Å². The number of nitrogens with zero attached hydrogens (tertiary/aromatic N) is 1. The number of aldehydes is 1. The lowest BCUT2D eigenvalue weighted by atomic mass is 10.2. The van der Waals surface area contributed by atoms with Crippen molar-refractivity contribution in [1.29, 1.82) is 0 Å². The van der Waals surface area contributed by atoms with Crippen LogP contribution in [0.2, 0.25) is 10.0 Å². The maximum atomic E-state index is 10.4. The van der Waals surface area contributed by atoms with Gasteiger partial charge >= 0.3 is 5.69 Å². The molecule has 68 valence electrons. The minimum Gasteiger partial charge on any atom is -0.298 e. The van der Waals surface area contributed by atoms with Gasteiger partial charge in [0.2, 0.25) is 0 Å². The average Bonchev–Trinajstić information content (AvgIpc) is 2.04. The molecule has 0 N–H and O–H groups in total. The summed E-state index contributed by atoms with van der Waals surface area (Å²) in [6.07, 6.45) is 0.436. The van der Waals surface area contributed by atoms with Crippen molar-refractivity contribution in [1.82, 2.24) is 0 Å². The topological polar surface area (TPSA) is 60.2 Å². The third-order valence-corrected chi connectivity index (χ3v) is 2.11. The number of nitro groups is 1. The molecule has 0 spiro atoms. The highest BCUT2D eigenvalue weighted by Crippen LogP contribution is 2.34. The molecule has 0 atom stereocenters. The lowest BCUT2D eigenvalue weighted by molar-refractivity contribution is -0.384. The van der Waals surface area contributed by atoms with E-state index in [0.717, 1.165) is 0 Å². The number of carbonyl (C=O) groups excluding carboxylic acids is 1. The predicted molar refractivity (Wildman–Crippen MR) is 48.5 cm³/mol. The van der Waals surface area contributed by atoms with Crippen molar-refractivity contribution in [2.24, 2.45) is 0 Å². The second-order valence-corrected chi connectivity index (χ2v) is 2.96. The van der Waals surface area contributed by atoms with E-state index in [2.05, 4.69) is 0 Å². The van der Waals surface area contributed by atoms with Gasteiger partial charge < -0.3 is 0 Å². The molecule has 0 aliphatic rings. The first-order valence-corrected chi connectivity index (χ1v) is 3.91. The first-order valence-electron chi connectivity index (χ1n) is 3.15. The number of hydrogen-bond donors (Lipinski definition) is 0. The van der Waals surface area contributed by atoms with Crippen LogP contribution >= 0.6 is 23.2 Å². The molecule has 0 amide bonds. The molecule has 0 aliphatic heterocycles. The molecule has 4 nitrogen and oxygen atoms in total. The zero-order valence-corrected chi connectivity index (χ0v) is 7.67. The van der Waals surface area contributed by atoms with Crippen LogP contribution in [0.25, 0.3) is 0 Å². The molecule has 1 rings (SSSR count). The predicted octanol–water partition coefficient (Wildman–Crippen LogP) is 2.71. The zero-order valence-electron chi connectivity index (χ0n) is 6.16. The number of hydrogen-bond acceptors (Lipinski definition) is 3. The molecule has 6 heteroatoms. The van der Waals surface area contributed by atoms with Gasteiger partial charge in [-0.1, -0.05) is 23.2 Å². The van der Waals surface area contributed by atoms with Gasteiger partial charge in [-0.3, -0.25) is 14.9 Å². The summed E-state index contributed by atoms with van der Waals surface area (Å²) >= 11 is 11.1. The third-order valence-electron chi connectivity index (χ3n) is 1.41. The van der Waals surface area contributed by atoms with E-state index in [1.165, 1.54) is 12.1 Å². The maximum absolute atomic E-state index is 10.4. The number of rotatable bonds is 2. The Kier molecular flexibility index (Phi) is 2.85. The molecule has 0 saturated carbocycles. The molecular formula is C7H3Cl2NO3. The minimum atomic E-state index is -0.725. The normalized spacial score (nSPS) is 9.69. The fourth-order valence-electron chi connectivity index (χ4n) is 0.815. The summed E-state index contributed by atoms with van der Waals surface area (Å²) in [6.45, 7) is 0. The first kappa shape index (κ1) is 9.95. The Hall–Kier alpha value is -1.13. The van der Waals surface area contributed by atoms with Crippen LogP contribution in [0.4, 0.5) is 5.69 Å². The van der Waals surface area contributed by atoms with Crippen molar-refractivity contribution in [3.63, 3.8) is 0 Å². The summed E-state index contributed by atoms with van der Waals surface area (Å²) in [5.74, 6) is 0. The Morgan fingerprint density at radius 1 is 1.38 bits per heavy atom. The van der Waals surface area contributed by atoms with Gasteiger partial charge in [0.15, 0.2) is 6.29 Å². The van der Waals surface area contributed by atoms with Crippen molar-refractivity contribution < 1.29 is 9.72 Å². The Morgan fingerprint density at radius 2 is 2.00 bits per heavy atom. The number of nitro benzene ring substituents is 1. The first-order chi connectivity index (χ1) is 6.07. The molecule has 0 aliphatic carbocycles. The molecule has 13 heavy (non-hydrogen) atoms. The van der Waals surface area contributed by atoms with Crippen molar-refractivity contribution >= 4 is 35.2 Å². The van der Waals surface area contributed by atoms with Crippen molar-refractivity contribution in [2.45, 2.75) is 0 Å². The second kappa shape index (κ2) is 3.72. The molecule has 0 unspecified atom stereocenters.